The van der Waals surface area contributed by atoms with E-state index in [1.54, 1.807) is 35.2 Å². The van der Waals surface area contributed by atoms with Crippen molar-refractivity contribution in [2.75, 3.05) is 11.9 Å². The maximum atomic E-state index is 13.0. The summed E-state index contributed by atoms with van der Waals surface area (Å²) in [7, 11) is 0. The fourth-order valence-corrected chi connectivity index (χ4v) is 3.58. The van der Waals surface area contributed by atoms with E-state index < -0.39 is 12.1 Å². The molecule has 1 aliphatic heterocycles. The Morgan fingerprint density at radius 3 is 2.59 bits per heavy atom. The highest BCUT2D eigenvalue weighted by atomic mass is 35.5. The van der Waals surface area contributed by atoms with Gasteiger partial charge in [0.25, 0.3) is 0 Å². The van der Waals surface area contributed by atoms with Gasteiger partial charge in [-0.15, -0.1) is 0 Å². The number of ketones is 1. The monoisotopic (exact) mass is 413 g/mol. The Balaban J connectivity index is 1.61. The molecule has 1 aliphatic rings. The molecule has 152 valence electrons. The van der Waals surface area contributed by atoms with Crippen molar-refractivity contribution in [2.45, 2.75) is 38.8 Å². The van der Waals surface area contributed by atoms with Crippen LogP contribution in [-0.4, -0.2) is 35.2 Å². The number of nitrogens with one attached hydrogen (secondary N) is 2. The number of amides is 3. The molecule has 3 rings (SSSR count). The number of halogens is 1. The standard InChI is InChI=1S/C22H24ClN3O3/c1-15(27)17-8-10-19(11-9-17)24-22(29)25-20-7-2-3-12-26(21(20)28)14-16-5-4-6-18(23)13-16/h4-6,8-11,13,20H,2-3,7,12,14H2,1H3,(H2,24,25,29). The second-order valence-corrected chi connectivity index (χ2v) is 7.61. The highest BCUT2D eigenvalue weighted by Gasteiger charge is 2.28. The molecule has 2 aromatic rings. The fraction of sp³-hybridized carbons (Fsp3) is 0.318. The lowest BCUT2D eigenvalue weighted by Gasteiger charge is -2.25. The van der Waals surface area contributed by atoms with Gasteiger partial charge in [-0.05, 0) is 68.1 Å². The predicted molar refractivity (Wildman–Crippen MR) is 113 cm³/mol. The molecule has 0 saturated carbocycles. The van der Waals surface area contributed by atoms with Crippen molar-refractivity contribution < 1.29 is 14.4 Å². The number of Topliss-reactive ketones (excluding diaryl/α,β-unsaturated/α-hetero) is 1. The van der Waals surface area contributed by atoms with Gasteiger partial charge in [0.05, 0.1) is 0 Å². The second-order valence-electron chi connectivity index (χ2n) is 7.17. The first-order valence-electron chi connectivity index (χ1n) is 9.64. The third-order valence-corrected chi connectivity index (χ3v) is 5.13. The maximum Gasteiger partial charge on any atom is 0.319 e. The summed E-state index contributed by atoms with van der Waals surface area (Å²) in [4.78, 5) is 38.5. The first-order chi connectivity index (χ1) is 13.9. The number of nitrogens with zero attached hydrogens (tertiary/aromatic N) is 1. The van der Waals surface area contributed by atoms with E-state index in [9.17, 15) is 14.4 Å². The molecular weight excluding hydrogens is 390 g/mol. The number of anilines is 1. The van der Waals surface area contributed by atoms with Crippen molar-refractivity contribution in [1.29, 1.82) is 0 Å². The molecule has 0 radical (unpaired) electrons. The first-order valence-corrected chi connectivity index (χ1v) is 10.0. The van der Waals surface area contributed by atoms with Gasteiger partial charge < -0.3 is 15.5 Å². The Morgan fingerprint density at radius 2 is 1.90 bits per heavy atom. The van der Waals surface area contributed by atoms with Crippen molar-refractivity contribution in [3.8, 4) is 0 Å². The molecule has 6 nitrogen and oxygen atoms in total. The fourth-order valence-electron chi connectivity index (χ4n) is 3.37. The molecule has 7 heteroatoms. The third kappa shape index (κ3) is 5.81. The van der Waals surface area contributed by atoms with E-state index in [-0.39, 0.29) is 11.7 Å². The van der Waals surface area contributed by atoms with Crippen LogP contribution in [0.3, 0.4) is 0 Å². The summed E-state index contributed by atoms with van der Waals surface area (Å²) in [6, 6.07) is 13.1. The van der Waals surface area contributed by atoms with Crippen LogP contribution in [0.2, 0.25) is 5.02 Å². The molecule has 1 heterocycles. The van der Waals surface area contributed by atoms with E-state index in [1.165, 1.54) is 6.92 Å². The van der Waals surface area contributed by atoms with Crippen molar-refractivity contribution in [3.63, 3.8) is 0 Å². The summed E-state index contributed by atoms with van der Waals surface area (Å²) in [5.41, 5.74) is 2.09. The maximum absolute atomic E-state index is 13.0. The molecule has 0 spiro atoms. The lowest BCUT2D eigenvalue weighted by molar-refractivity contribution is -0.133. The topological polar surface area (TPSA) is 78.5 Å². The molecule has 0 aromatic heterocycles. The molecule has 1 saturated heterocycles. The summed E-state index contributed by atoms with van der Waals surface area (Å²) < 4.78 is 0. The van der Waals surface area contributed by atoms with Gasteiger partial charge in [0.1, 0.15) is 6.04 Å². The average molecular weight is 414 g/mol. The summed E-state index contributed by atoms with van der Waals surface area (Å²) in [5.74, 6) is -0.130. The SMILES string of the molecule is CC(=O)c1ccc(NC(=O)NC2CCCCN(Cc3cccc(Cl)c3)C2=O)cc1. The number of likely N-dealkylation sites (tertiary alicyclic amines) is 1. The van der Waals surface area contributed by atoms with Crippen LogP contribution in [-0.2, 0) is 11.3 Å². The van der Waals surface area contributed by atoms with Crippen molar-refractivity contribution in [3.05, 3.63) is 64.7 Å². The zero-order chi connectivity index (χ0) is 20.8. The minimum atomic E-state index is -0.576. The molecule has 1 fully saturated rings. The van der Waals surface area contributed by atoms with Crippen LogP contribution >= 0.6 is 11.6 Å². The predicted octanol–water partition coefficient (Wildman–Crippen LogP) is 4.25. The third-order valence-electron chi connectivity index (χ3n) is 4.90. The van der Waals surface area contributed by atoms with Crippen LogP contribution in [0.1, 0.15) is 42.1 Å². The normalized spacial score (nSPS) is 16.8. The highest BCUT2D eigenvalue weighted by molar-refractivity contribution is 6.30. The molecule has 1 unspecified atom stereocenters. The number of hydrogen-bond donors (Lipinski definition) is 2. The van der Waals surface area contributed by atoms with Gasteiger partial charge in [-0.25, -0.2) is 4.79 Å². The molecule has 0 bridgehead atoms. The Kier molecular flexibility index (Phi) is 6.88. The first kappa shape index (κ1) is 20.9. The minimum absolute atomic E-state index is 0.0372. The van der Waals surface area contributed by atoms with Crippen molar-refractivity contribution >= 4 is 35.0 Å². The number of benzene rings is 2. The van der Waals surface area contributed by atoms with E-state index in [2.05, 4.69) is 10.6 Å². The van der Waals surface area contributed by atoms with Crippen LogP contribution in [0.5, 0.6) is 0 Å². The molecule has 0 aliphatic carbocycles. The van der Waals surface area contributed by atoms with Crippen LogP contribution in [0.15, 0.2) is 48.5 Å². The Bertz CT molecular complexity index is 898. The largest absolute Gasteiger partial charge is 0.337 e. The van der Waals surface area contributed by atoms with Gasteiger partial charge in [0.2, 0.25) is 5.91 Å². The molecule has 2 aromatic carbocycles. The Hall–Kier alpha value is -2.86. The van der Waals surface area contributed by atoms with E-state index in [1.807, 2.05) is 18.2 Å². The zero-order valence-corrected chi connectivity index (χ0v) is 17.0. The van der Waals surface area contributed by atoms with Gasteiger partial charge in [0, 0.05) is 29.4 Å². The summed E-state index contributed by atoms with van der Waals surface area (Å²) in [6.07, 6.45) is 2.34. The average Bonchev–Trinajstić information content (AvgIpc) is 2.84. The van der Waals surface area contributed by atoms with Gasteiger partial charge in [-0.2, -0.15) is 0 Å². The number of rotatable bonds is 5. The van der Waals surface area contributed by atoms with Crippen molar-refractivity contribution in [2.24, 2.45) is 0 Å². The van der Waals surface area contributed by atoms with Gasteiger partial charge in [-0.1, -0.05) is 23.7 Å². The minimum Gasteiger partial charge on any atom is -0.337 e. The van der Waals surface area contributed by atoms with E-state index in [0.29, 0.717) is 35.8 Å². The van der Waals surface area contributed by atoms with E-state index in [0.717, 1.165) is 18.4 Å². The Labute approximate surface area is 175 Å². The van der Waals surface area contributed by atoms with Gasteiger partial charge >= 0.3 is 6.03 Å². The van der Waals surface area contributed by atoms with Crippen LogP contribution in [0.4, 0.5) is 10.5 Å². The van der Waals surface area contributed by atoms with Gasteiger partial charge in [0.15, 0.2) is 5.78 Å². The van der Waals surface area contributed by atoms with Crippen LogP contribution < -0.4 is 10.6 Å². The summed E-state index contributed by atoms with van der Waals surface area (Å²) in [5, 5.41) is 6.14. The Morgan fingerprint density at radius 1 is 1.14 bits per heavy atom. The molecule has 29 heavy (non-hydrogen) atoms. The molecular formula is C22H24ClN3O3. The number of carbonyl (C=O) groups excluding carboxylic acids is 3. The lowest BCUT2D eigenvalue weighted by atomic mass is 10.1. The molecule has 2 N–H and O–H groups in total. The number of hydrogen-bond acceptors (Lipinski definition) is 3. The van der Waals surface area contributed by atoms with Crippen LogP contribution in [0.25, 0.3) is 0 Å². The summed E-state index contributed by atoms with van der Waals surface area (Å²) in [6.45, 7) is 2.60. The molecule has 3 amide bonds. The lowest BCUT2D eigenvalue weighted by Crippen LogP contribution is -2.48. The molecule has 1 atom stereocenters. The van der Waals surface area contributed by atoms with E-state index >= 15 is 0 Å². The van der Waals surface area contributed by atoms with E-state index in [4.69, 9.17) is 11.6 Å². The smallest absolute Gasteiger partial charge is 0.319 e. The number of carbonyl (C=O) groups is 3. The van der Waals surface area contributed by atoms with Gasteiger partial charge in [-0.3, -0.25) is 9.59 Å². The van der Waals surface area contributed by atoms with Crippen LogP contribution in [0, 0.1) is 0 Å². The quantitative estimate of drug-likeness (QED) is 0.719. The zero-order valence-electron chi connectivity index (χ0n) is 16.3. The number of urea groups is 1. The van der Waals surface area contributed by atoms with Crippen molar-refractivity contribution in [1.82, 2.24) is 10.2 Å². The highest BCUT2D eigenvalue weighted by Crippen LogP contribution is 2.18. The summed E-state index contributed by atoms with van der Waals surface area (Å²) >= 11 is 6.05. The second kappa shape index (κ2) is 9.56.